The van der Waals surface area contributed by atoms with Gasteiger partial charge in [0.1, 0.15) is 5.75 Å². The molecule has 1 N–H and O–H groups in total. The lowest BCUT2D eigenvalue weighted by Gasteiger charge is -2.49. The molecule has 0 saturated heterocycles. The lowest BCUT2D eigenvalue weighted by molar-refractivity contribution is -0.385. The zero-order chi connectivity index (χ0) is 33.9. The molecular weight excluding hydrogens is 673 g/mol. The van der Waals surface area contributed by atoms with E-state index in [0.29, 0.717) is 57.6 Å². The largest absolute Gasteiger partial charge is 0.481 e. The van der Waals surface area contributed by atoms with Crippen molar-refractivity contribution in [1.29, 1.82) is 0 Å². The minimum atomic E-state index is -4.82. The molecule has 2 aromatic rings. The van der Waals surface area contributed by atoms with Crippen molar-refractivity contribution >= 4 is 39.2 Å². The van der Waals surface area contributed by atoms with E-state index in [-0.39, 0.29) is 43.1 Å². The summed E-state index contributed by atoms with van der Waals surface area (Å²) >= 11 is 3.45. The van der Waals surface area contributed by atoms with Crippen LogP contribution in [0.2, 0.25) is 0 Å². The molecule has 0 fully saturated rings. The van der Waals surface area contributed by atoms with Gasteiger partial charge < -0.3 is 14.7 Å². The molecule has 2 aliphatic carbocycles. The van der Waals surface area contributed by atoms with Crippen LogP contribution >= 0.6 is 15.9 Å². The second-order valence-electron chi connectivity index (χ2n) is 13.6. The standard InChI is InChI=1S/C33H32BrF3N2O7/c1-31(2)13-21-29(23(40)15-31)28(30-22(38(21)10-9-27(42)43)14-32(3,4)16-24(30)41)19-12-18(34)6-8-25(19)46-26-7-5-17(33(35,36)37)11-20(26)39(44)45/h5-8,11-12,28H,9-10,13-16H2,1-4H3,(H,42,43). The Labute approximate surface area is 271 Å². The van der Waals surface area contributed by atoms with Crippen LogP contribution in [0, 0.1) is 20.9 Å². The molecule has 0 spiro atoms. The zero-order valence-electron chi connectivity index (χ0n) is 25.6. The van der Waals surface area contributed by atoms with Crippen molar-refractivity contribution in [3.63, 3.8) is 0 Å². The second-order valence-corrected chi connectivity index (χ2v) is 14.5. The predicted molar refractivity (Wildman–Crippen MR) is 164 cm³/mol. The Morgan fingerprint density at radius 3 is 2.02 bits per heavy atom. The predicted octanol–water partition coefficient (Wildman–Crippen LogP) is 8.33. The van der Waals surface area contributed by atoms with Gasteiger partial charge in [-0.25, -0.2) is 0 Å². The average molecular weight is 706 g/mol. The summed E-state index contributed by atoms with van der Waals surface area (Å²) < 4.78 is 46.7. The first-order valence-electron chi connectivity index (χ1n) is 14.6. The van der Waals surface area contributed by atoms with Crippen molar-refractivity contribution in [2.75, 3.05) is 6.54 Å². The van der Waals surface area contributed by atoms with Crippen LogP contribution in [0.4, 0.5) is 18.9 Å². The van der Waals surface area contributed by atoms with Crippen LogP contribution in [0.5, 0.6) is 11.5 Å². The van der Waals surface area contributed by atoms with Gasteiger partial charge in [-0.2, -0.15) is 13.2 Å². The normalized spacial score (nSPS) is 19.6. The Kier molecular flexibility index (Phi) is 8.46. The molecule has 5 rings (SSSR count). The highest BCUT2D eigenvalue weighted by atomic mass is 79.9. The van der Waals surface area contributed by atoms with Crippen LogP contribution in [-0.2, 0) is 20.6 Å². The number of carboxylic acids is 1. The van der Waals surface area contributed by atoms with Gasteiger partial charge in [0.05, 0.1) is 16.9 Å². The van der Waals surface area contributed by atoms with E-state index in [1.807, 2.05) is 32.6 Å². The first kappa shape index (κ1) is 33.4. The lowest BCUT2D eigenvalue weighted by atomic mass is 9.63. The van der Waals surface area contributed by atoms with Gasteiger partial charge in [0.2, 0.25) is 5.75 Å². The monoisotopic (exact) mass is 704 g/mol. The van der Waals surface area contributed by atoms with E-state index in [2.05, 4.69) is 15.9 Å². The summed E-state index contributed by atoms with van der Waals surface area (Å²) in [5.74, 6) is -2.88. The summed E-state index contributed by atoms with van der Waals surface area (Å²) in [4.78, 5) is 52.6. The number of ketones is 2. The Morgan fingerprint density at radius 1 is 0.978 bits per heavy atom. The molecule has 13 heteroatoms. The highest BCUT2D eigenvalue weighted by Gasteiger charge is 2.49. The van der Waals surface area contributed by atoms with Crippen LogP contribution in [0.25, 0.3) is 0 Å². The molecular formula is C33H32BrF3N2O7. The number of allylic oxidation sites excluding steroid dienone is 4. The fourth-order valence-corrected chi connectivity index (χ4v) is 7.09. The molecule has 244 valence electrons. The Hall–Kier alpha value is -4.00. The van der Waals surface area contributed by atoms with Crippen molar-refractivity contribution in [2.24, 2.45) is 10.8 Å². The van der Waals surface area contributed by atoms with Gasteiger partial charge in [-0.15, -0.1) is 0 Å². The smallest absolute Gasteiger partial charge is 0.416 e. The van der Waals surface area contributed by atoms with E-state index < -0.39 is 50.8 Å². The zero-order valence-corrected chi connectivity index (χ0v) is 27.2. The maximum absolute atomic E-state index is 14.1. The number of hydrogen-bond acceptors (Lipinski definition) is 7. The lowest BCUT2D eigenvalue weighted by Crippen LogP contribution is -2.45. The Bertz CT molecular complexity index is 1690. The van der Waals surface area contributed by atoms with Gasteiger partial charge in [-0.05, 0) is 54.0 Å². The maximum Gasteiger partial charge on any atom is 0.416 e. The first-order chi connectivity index (χ1) is 21.3. The number of nitro groups is 1. The number of rotatable bonds is 7. The fourth-order valence-electron chi connectivity index (χ4n) is 6.72. The molecule has 9 nitrogen and oxygen atoms in total. The van der Waals surface area contributed by atoms with Crippen molar-refractivity contribution in [3.8, 4) is 11.5 Å². The molecule has 0 atom stereocenters. The Morgan fingerprint density at radius 2 is 1.52 bits per heavy atom. The third kappa shape index (κ3) is 6.47. The summed E-state index contributed by atoms with van der Waals surface area (Å²) in [5, 5.41) is 21.4. The van der Waals surface area contributed by atoms with E-state index in [1.165, 1.54) is 6.07 Å². The summed E-state index contributed by atoms with van der Waals surface area (Å²) in [6, 6.07) is 6.65. The van der Waals surface area contributed by atoms with Crippen LogP contribution in [-0.4, -0.2) is 39.0 Å². The number of halogens is 4. The molecule has 0 unspecified atom stereocenters. The van der Waals surface area contributed by atoms with Gasteiger partial charge >= 0.3 is 17.8 Å². The van der Waals surface area contributed by atoms with Gasteiger partial charge in [-0.1, -0.05) is 43.6 Å². The molecule has 46 heavy (non-hydrogen) atoms. The molecule has 0 bridgehead atoms. The number of carbonyl (C=O) groups excluding carboxylic acids is 2. The van der Waals surface area contributed by atoms with Gasteiger partial charge in [0.25, 0.3) is 0 Å². The number of nitro benzene ring substituents is 1. The first-order valence-corrected chi connectivity index (χ1v) is 15.4. The quantitative estimate of drug-likeness (QED) is 0.225. The number of aliphatic carboxylic acids is 1. The molecule has 2 aromatic carbocycles. The van der Waals surface area contributed by atoms with Crippen molar-refractivity contribution < 1.29 is 42.3 Å². The number of alkyl halides is 3. The van der Waals surface area contributed by atoms with E-state index in [4.69, 9.17) is 4.74 Å². The fraction of sp³-hybridized carbons (Fsp3) is 0.424. The third-order valence-electron chi connectivity index (χ3n) is 8.56. The average Bonchev–Trinajstić information content (AvgIpc) is 2.90. The summed E-state index contributed by atoms with van der Waals surface area (Å²) in [6.45, 7) is 7.81. The summed E-state index contributed by atoms with van der Waals surface area (Å²) in [6.07, 6.45) is -3.90. The van der Waals surface area contributed by atoms with Gasteiger partial charge in [0.15, 0.2) is 11.6 Å². The molecule has 0 aromatic heterocycles. The third-order valence-corrected chi connectivity index (χ3v) is 9.05. The van der Waals surface area contributed by atoms with E-state index in [9.17, 15) is 42.8 Å². The van der Waals surface area contributed by atoms with Gasteiger partial charge in [-0.3, -0.25) is 24.5 Å². The van der Waals surface area contributed by atoms with E-state index in [1.54, 1.807) is 12.1 Å². The number of carbonyl (C=O) groups is 3. The number of carboxylic acid groups (broad SMARTS) is 1. The molecule has 0 saturated carbocycles. The number of hydrogen-bond donors (Lipinski definition) is 1. The summed E-state index contributed by atoms with van der Waals surface area (Å²) in [7, 11) is 0. The minimum absolute atomic E-state index is 0.0176. The highest BCUT2D eigenvalue weighted by Crippen LogP contribution is 2.56. The van der Waals surface area contributed by atoms with Crippen molar-refractivity contribution in [2.45, 2.75) is 71.9 Å². The van der Waals surface area contributed by atoms with Crippen molar-refractivity contribution in [3.05, 3.63) is 84.7 Å². The number of benzene rings is 2. The van der Waals surface area contributed by atoms with E-state index in [0.717, 1.165) is 6.07 Å². The highest BCUT2D eigenvalue weighted by molar-refractivity contribution is 9.10. The number of ether oxygens (including phenoxy) is 1. The summed E-state index contributed by atoms with van der Waals surface area (Å²) in [5.41, 5.74) is -0.862. The number of Topliss-reactive ketones (excluding diaryl/α,β-unsaturated/α-hetero) is 2. The molecule has 0 radical (unpaired) electrons. The topological polar surface area (TPSA) is 127 Å². The van der Waals surface area contributed by atoms with Crippen LogP contribution in [0.3, 0.4) is 0 Å². The Balaban J connectivity index is 1.75. The van der Waals surface area contributed by atoms with Crippen molar-refractivity contribution in [1.82, 2.24) is 4.90 Å². The van der Waals surface area contributed by atoms with Crippen LogP contribution < -0.4 is 4.74 Å². The van der Waals surface area contributed by atoms with Crippen LogP contribution in [0.1, 0.15) is 76.8 Å². The minimum Gasteiger partial charge on any atom is -0.481 e. The molecule has 1 aliphatic heterocycles. The van der Waals surface area contributed by atoms with Crippen LogP contribution in [0.15, 0.2) is 63.4 Å². The van der Waals surface area contributed by atoms with Gasteiger partial charge in [0, 0.05) is 63.9 Å². The molecule has 0 amide bonds. The van der Waals surface area contributed by atoms with E-state index >= 15 is 0 Å². The molecule has 3 aliphatic rings. The maximum atomic E-state index is 14.1. The second kappa shape index (κ2) is 11.7. The number of nitrogens with zero attached hydrogens (tertiary/aromatic N) is 2. The molecule has 1 heterocycles. The SMILES string of the molecule is CC1(C)CC(=O)C2=C(C1)N(CCC(=O)O)C1=C(C(=O)CC(C)(C)C1)C2c1cc(Br)ccc1Oc1ccc(C(F)(F)F)cc1[N+](=O)[O-].